The molecule has 7 heteroatoms. The molecule has 0 radical (unpaired) electrons. The first-order valence-corrected chi connectivity index (χ1v) is 8.33. The number of anilines is 2. The van der Waals surface area contributed by atoms with Gasteiger partial charge in [0.15, 0.2) is 0 Å². The lowest BCUT2D eigenvalue weighted by Crippen LogP contribution is -2.27. The second-order valence-corrected chi connectivity index (χ2v) is 6.22. The first-order chi connectivity index (χ1) is 12.0. The lowest BCUT2D eigenvalue weighted by Gasteiger charge is -2.15. The van der Waals surface area contributed by atoms with Crippen molar-refractivity contribution in [2.45, 2.75) is 12.8 Å². The summed E-state index contributed by atoms with van der Waals surface area (Å²) in [7, 11) is 0. The molecule has 0 saturated carbocycles. The maximum Gasteiger partial charge on any atom is 0.323 e. The Hall–Kier alpha value is -2.60. The number of amides is 3. The lowest BCUT2D eigenvalue weighted by molar-refractivity contribution is 0.0793. The Kier molecular flexibility index (Phi) is 5.19. The molecule has 2 aromatic carbocycles. The third kappa shape index (κ3) is 4.28. The van der Waals surface area contributed by atoms with Crippen LogP contribution in [-0.2, 0) is 0 Å². The number of hydrogen-bond acceptors (Lipinski definition) is 2. The van der Waals surface area contributed by atoms with Gasteiger partial charge in [-0.1, -0.05) is 11.6 Å². The van der Waals surface area contributed by atoms with Crippen LogP contribution in [0.2, 0.25) is 5.02 Å². The van der Waals surface area contributed by atoms with E-state index in [1.165, 1.54) is 12.1 Å². The van der Waals surface area contributed by atoms with Crippen molar-refractivity contribution in [1.82, 2.24) is 4.90 Å². The predicted octanol–water partition coefficient (Wildman–Crippen LogP) is 4.36. The minimum atomic E-state index is -0.616. The molecule has 0 aliphatic carbocycles. The van der Waals surface area contributed by atoms with E-state index in [9.17, 15) is 14.0 Å². The number of nitrogens with zero attached hydrogens (tertiary/aromatic N) is 1. The average molecular weight is 362 g/mol. The predicted molar refractivity (Wildman–Crippen MR) is 95.6 cm³/mol. The summed E-state index contributed by atoms with van der Waals surface area (Å²) in [4.78, 5) is 26.0. The molecule has 3 amide bonds. The maximum atomic E-state index is 13.7. The molecule has 25 heavy (non-hydrogen) atoms. The van der Waals surface area contributed by atoms with Gasteiger partial charge in [-0.05, 0) is 55.3 Å². The second kappa shape index (κ2) is 7.53. The van der Waals surface area contributed by atoms with Crippen molar-refractivity contribution >= 4 is 34.9 Å². The molecule has 1 fully saturated rings. The van der Waals surface area contributed by atoms with Crippen LogP contribution in [0.3, 0.4) is 0 Å². The van der Waals surface area contributed by atoms with Crippen LogP contribution in [0, 0.1) is 5.82 Å². The SMILES string of the molecule is O=C(Nc1ccc(C(=O)N2CCCC2)cc1)Nc1ccc(Cl)cc1F. The van der Waals surface area contributed by atoms with Gasteiger partial charge in [-0.15, -0.1) is 0 Å². The van der Waals surface area contributed by atoms with Crippen LogP contribution >= 0.6 is 11.6 Å². The quantitative estimate of drug-likeness (QED) is 0.853. The first-order valence-electron chi connectivity index (χ1n) is 7.95. The van der Waals surface area contributed by atoms with Gasteiger partial charge >= 0.3 is 6.03 Å². The number of halogens is 2. The second-order valence-electron chi connectivity index (χ2n) is 5.78. The average Bonchev–Trinajstić information content (AvgIpc) is 3.12. The van der Waals surface area contributed by atoms with Crippen LogP contribution in [0.5, 0.6) is 0 Å². The zero-order valence-corrected chi connectivity index (χ0v) is 14.1. The Morgan fingerprint density at radius 2 is 1.68 bits per heavy atom. The van der Waals surface area contributed by atoms with E-state index in [0.717, 1.165) is 32.0 Å². The molecule has 0 spiro atoms. The number of hydrogen-bond donors (Lipinski definition) is 2. The van der Waals surface area contributed by atoms with Gasteiger partial charge in [0, 0.05) is 29.4 Å². The first kappa shape index (κ1) is 17.2. The molecule has 2 N–H and O–H groups in total. The van der Waals surface area contributed by atoms with Gasteiger partial charge in [0.1, 0.15) is 5.82 Å². The summed E-state index contributed by atoms with van der Waals surface area (Å²) in [5.41, 5.74) is 1.11. The number of benzene rings is 2. The summed E-state index contributed by atoms with van der Waals surface area (Å²) >= 11 is 5.67. The van der Waals surface area contributed by atoms with Gasteiger partial charge in [-0.2, -0.15) is 0 Å². The highest BCUT2D eigenvalue weighted by molar-refractivity contribution is 6.30. The van der Waals surface area contributed by atoms with E-state index >= 15 is 0 Å². The van der Waals surface area contributed by atoms with Crippen LogP contribution in [0.25, 0.3) is 0 Å². The van der Waals surface area contributed by atoms with E-state index in [1.54, 1.807) is 24.3 Å². The Bertz CT molecular complexity index is 789. The van der Waals surface area contributed by atoms with Gasteiger partial charge in [0.05, 0.1) is 5.69 Å². The third-order valence-corrected chi connectivity index (χ3v) is 4.20. The smallest absolute Gasteiger partial charge is 0.323 e. The Balaban J connectivity index is 1.60. The molecule has 1 aliphatic heterocycles. The van der Waals surface area contributed by atoms with E-state index in [2.05, 4.69) is 10.6 Å². The van der Waals surface area contributed by atoms with Crippen LogP contribution < -0.4 is 10.6 Å². The van der Waals surface area contributed by atoms with Crippen molar-refractivity contribution in [2.75, 3.05) is 23.7 Å². The zero-order chi connectivity index (χ0) is 17.8. The number of nitrogens with one attached hydrogen (secondary N) is 2. The highest BCUT2D eigenvalue weighted by Gasteiger charge is 2.19. The summed E-state index contributed by atoms with van der Waals surface area (Å²) in [6.45, 7) is 1.57. The summed E-state index contributed by atoms with van der Waals surface area (Å²) in [6, 6.07) is 10.0. The van der Waals surface area contributed by atoms with Crippen LogP contribution in [-0.4, -0.2) is 29.9 Å². The highest BCUT2D eigenvalue weighted by Crippen LogP contribution is 2.20. The molecule has 2 aromatic rings. The number of urea groups is 1. The molecule has 0 aromatic heterocycles. The summed E-state index contributed by atoms with van der Waals surface area (Å²) < 4.78 is 13.7. The molecule has 1 saturated heterocycles. The molecular formula is C18H17ClFN3O2. The Labute approximate surface area is 149 Å². The fourth-order valence-electron chi connectivity index (χ4n) is 2.67. The van der Waals surface area contributed by atoms with E-state index < -0.39 is 11.8 Å². The van der Waals surface area contributed by atoms with Crippen molar-refractivity contribution < 1.29 is 14.0 Å². The minimum absolute atomic E-state index is 0.00302. The van der Waals surface area contributed by atoms with Gasteiger partial charge in [-0.3, -0.25) is 4.79 Å². The van der Waals surface area contributed by atoms with E-state index in [-0.39, 0.29) is 16.6 Å². The van der Waals surface area contributed by atoms with Crippen LogP contribution in [0.4, 0.5) is 20.6 Å². The molecular weight excluding hydrogens is 345 g/mol. The fraction of sp³-hybridized carbons (Fsp3) is 0.222. The molecule has 0 unspecified atom stereocenters. The molecule has 3 rings (SSSR count). The monoisotopic (exact) mass is 361 g/mol. The molecule has 130 valence electrons. The number of carbonyl (C=O) groups is 2. The Morgan fingerprint density at radius 3 is 2.32 bits per heavy atom. The summed E-state index contributed by atoms with van der Waals surface area (Å²) in [6.07, 6.45) is 2.07. The maximum absolute atomic E-state index is 13.7. The number of rotatable bonds is 3. The molecule has 0 atom stereocenters. The van der Waals surface area contributed by atoms with E-state index in [0.29, 0.717) is 11.3 Å². The van der Waals surface area contributed by atoms with Crippen LogP contribution in [0.15, 0.2) is 42.5 Å². The van der Waals surface area contributed by atoms with Crippen molar-refractivity contribution in [3.63, 3.8) is 0 Å². The summed E-state index contributed by atoms with van der Waals surface area (Å²) in [5.74, 6) is -0.619. The van der Waals surface area contributed by atoms with Gasteiger partial charge in [-0.25, -0.2) is 9.18 Å². The topological polar surface area (TPSA) is 61.4 Å². The highest BCUT2D eigenvalue weighted by atomic mass is 35.5. The van der Waals surface area contributed by atoms with Crippen molar-refractivity contribution in [2.24, 2.45) is 0 Å². The number of likely N-dealkylation sites (tertiary alicyclic amines) is 1. The van der Waals surface area contributed by atoms with Gasteiger partial charge in [0.2, 0.25) is 0 Å². The number of carbonyl (C=O) groups excluding carboxylic acids is 2. The molecule has 0 bridgehead atoms. The normalized spacial score (nSPS) is 13.6. The lowest BCUT2D eigenvalue weighted by atomic mass is 10.2. The van der Waals surface area contributed by atoms with Crippen LogP contribution in [0.1, 0.15) is 23.2 Å². The molecule has 1 heterocycles. The molecule has 5 nitrogen and oxygen atoms in total. The standard InChI is InChI=1S/C18H17ClFN3O2/c19-13-5-8-16(15(20)11-13)22-18(25)21-14-6-3-12(4-7-14)17(24)23-9-1-2-10-23/h3-8,11H,1-2,9-10H2,(H2,21,22,25). The third-order valence-electron chi connectivity index (χ3n) is 3.96. The van der Waals surface area contributed by atoms with E-state index in [1.807, 2.05) is 4.90 Å². The van der Waals surface area contributed by atoms with Gasteiger partial charge in [0.25, 0.3) is 5.91 Å². The molecule has 1 aliphatic rings. The summed E-state index contributed by atoms with van der Waals surface area (Å²) in [5, 5.41) is 5.25. The van der Waals surface area contributed by atoms with Crippen molar-refractivity contribution in [1.29, 1.82) is 0 Å². The van der Waals surface area contributed by atoms with Crippen molar-refractivity contribution in [3.05, 3.63) is 58.9 Å². The Morgan fingerprint density at radius 1 is 1.00 bits per heavy atom. The largest absolute Gasteiger partial charge is 0.339 e. The minimum Gasteiger partial charge on any atom is -0.339 e. The van der Waals surface area contributed by atoms with Crippen molar-refractivity contribution in [3.8, 4) is 0 Å². The van der Waals surface area contributed by atoms with E-state index in [4.69, 9.17) is 11.6 Å². The zero-order valence-electron chi connectivity index (χ0n) is 13.4. The van der Waals surface area contributed by atoms with Gasteiger partial charge < -0.3 is 15.5 Å². The fourth-order valence-corrected chi connectivity index (χ4v) is 2.83.